The first-order chi connectivity index (χ1) is 8.58. The SMILES string of the molecule is CNC(=O)c1c(NC(C)C2CC2)sc(C#N)c1N. The third-order valence-corrected chi connectivity index (χ3v) is 4.23. The molecule has 1 aromatic heterocycles. The molecule has 18 heavy (non-hydrogen) atoms. The highest BCUT2D eigenvalue weighted by Crippen LogP contribution is 2.39. The number of rotatable bonds is 4. The molecule has 0 aromatic carbocycles. The van der Waals surface area contributed by atoms with Crippen molar-refractivity contribution < 1.29 is 4.79 Å². The summed E-state index contributed by atoms with van der Waals surface area (Å²) >= 11 is 1.25. The molecule has 4 N–H and O–H groups in total. The van der Waals surface area contributed by atoms with E-state index in [0.29, 0.717) is 27.4 Å². The van der Waals surface area contributed by atoms with Crippen molar-refractivity contribution in [3.63, 3.8) is 0 Å². The summed E-state index contributed by atoms with van der Waals surface area (Å²) in [6, 6.07) is 2.33. The number of nitrogens with zero attached hydrogens (tertiary/aromatic N) is 1. The minimum atomic E-state index is -0.254. The normalized spacial score (nSPS) is 15.8. The third kappa shape index (κ3) is 2.27. The van der Waals surface area contributed by atoms with E-state index < -0.39 is 0 Å². The Hall–Kier alpha value is -1.74. The van der Waals surface area contributed by atoms with Crippen LogP contribution in [0.2, 0.25) is 0 Å². The molecular formula is C12H16N4OS. The van der Waals surface area contributed by atoms with Gasteiger partial charge in [-0.25, -0.2) is 0 Å². The van der Waals surface area contributed by atoms with E-state index in [4.69, 9.17) is 11.0 Å². The second kappa shape index (κ2) is 4.86. The summed E-state index contributed by atoms with van der Waals surface area (Å²) in [5.41, 5.74) is 6.51. The maximum atomic E-state index is 11.8. The van der Waals surface area contributed by atoms with Crippen molar-refractivity contribution in [2.75, 3.05) is 18.1 Å². The number of hydrogen-bond donors (Lipinski definition) is 3. The lowest BCUT2D eigenvalue weighted by atomic mass is 10.2. The minimum Gasteiger partial charge on any atom is -0.396 e. The number of anilines is 2. The van der Waals surface area contributed by atoms with Crippen LogP contribution in [-0.4, -0.2) is 19.0 Å². The van der Waals surface area contributed by atoms with Crippen molar-refractivity contribution in [1.29, 1.82) is 5.26 Å². The second-order valence-electron chi connectivity index (χ2n) is 4.51. The fourth-order valence-corrected chi connectivity index (χ4v) is 2.91. The van der Waals surface area contributed by atoms with Crippen LogP contribution in [0.3, 0.4) is 0 Å². The highest BCUT2D eigenvalue weighted by atomic mass is 32.1. The van der Waals surface area contributed by atoms with E-state index in [1.807, 2.05) is 6.07 Å². The minimum absolute atomic E-state index is 0.254. The van der Waals surface area contributed by atoms with Crippen LogP contribution < -0.4 is 16.4 Å². The Kier molecular flexibility index (Phi) is 3.43. The molecule has 5 nitrogen and oxygen atoms in total. The van der Waals surface area contributed by atoms with E-state index in [1.165, 1.54) is 24.2 Å². The number of nitriles is 1. The standard InChI is InChI=1S/C12H16N4OS/c1-6(7-3-4-7)16-12-9(11(17)15-2)10(14)8(5-13)18-12/h6-7,16H,3-4,14H2,1-2H3,(H,15,17). The van der Waals surface area contributed by atoms with E-state index in [2.05, 4.69) is 17.6 Å². The van der Waals surface area contributed by atoms with Gasteiger partial charge in [-0.1, -0.05) is 0 Å². The topological polar surface area (TPSA) is 90.9 Å². The highest BCUT2D eigenvalue weighted by Gasteiger charge is 2.30. The second-order valence-corrected chi connectivity index (χ2v) is 5.53. The van der Waals surface area contributed by atoms with Crippen molar-refractivity contribution in [3.8, 4) is 6.07 Å². The van der Waals surface area contributed by atoms with Crippen LogP contribution in [-0.2, 0) is 0 Å². The van der Waals surface area contributed by atoms with Crippen molar-refractivity contribution in [2.45, 2.75) is 25.8 Å². The molecule has 6 heteroatoms. The predicted molar refractivity (Wildman–Crippen MR) is 72.6 cm³/mol. The number of amides is 1. The van der Waals surface area contributed by atoms with Crippen molar-refractivity contribution in [2.24, 2.45) is 5.92 Å². The molecule has 0 aliphatic heterocycles. The fraction of sp³-hybridized carbons (Fsp3) is 0.500. The summed E-state index contributed by atoms with van der Waals surface area (Å²) in [4.78, 5) is 12.2. The zero-order valence-corrected chi connectivity index (χ0v) is 11.2. The average Bonchev–Trinajstić information content (AvgIpc) is 3.15. The summed E-state index contributed by atoms with van der Waals surface area (Å²) in [7, 11) is 1.56. The van der Waals surface area contributed by atoms with Crippen LogP contribution in [0.5, 0.6) is 0 Å². The quantitative estimate of drug-likeness (QED) is 0.773. The zero-order valence-electron chi connectivity index (χ0n) is 10.4. The summed E-state index contributed by atoms with van der Waals surface area (Å²) in [5.74, 6) is 0.409. The average molecular weight is 264 g/mol. The summed E-state index contributed by atoms with van der Waals surface area (Å²) < 4.78 is 0. The van der Waals surface area contributed by atoms with Gasteiger partial charge in [-0.15, -0.1) is 11.3 Å². The molecule has 2 rings (SSSR count). The molecule has 1 atom stereocenters. The molecule has 1 amide bonds. The van der Waals surface area contributed by atoms with E-state index in [1.54, 1.807) is 7.05 Å². The lowest BCUT2D eigenvalue weighted by molar-refractivity contribution is 0.0965. The van der Waals surface area contributed by atoms with Crippen molar-refractivity contribution in [1.82, 2.24) is 5.32 Å². The zero-order chi connectivity index (χ0) is 13.3. The van der Waals surface area contributed by atoms with Crippen LogP contribution in [0.25, 0.3) is 0 Å². The molecule has 1 unspecified atom stereocenters. The molecular weight excluding hydrogens is 248 g/mol. The molecule has 1 saturated carbocycles. The van der Waals surface area contributed by atoms with E-state index in [9.17, 15) is 4.79 Å². The predicted octanol–water partition coefficient (Wildman–Crippen LogP) is 1.77. The van der Waals surface area contributed by atoms with Crippen LogP contribution in [0, 0.1) is 17.2 Å². The third-order valence-electron chi connectivity index (χ3n) is 3.19. The Morgan fingerprint density at radius 3 is 2.78 bits per heavy atom. The Labute approximate surface area is 110 Å². The number of nitrogens with two attached hydrogens (primary N) is 1. The summed E-state index contributed by atoms with van der Waals surface area (Å²) in [6.45, 7) is 2.09. The Morgan fingerprint density at radius 1 is 1.61 bits per heavy atom. The monoisotopic (exact) mass is 264 g/mol. The molecule has 1 aromatic rings. The van der Waals surface area contributed by atoms with Crippen LogP contribution in [0.1, 0.15) is 35.0 Å². The number of nitrogen functional groups attached to an aromatic ring is 1. The first kappa shape index (κ1) is 12.7. The largest absolute Gasteiger partial charge is 0.396 e. The number of carbonyl (C=O) groups excluding carboxylic acids is 1. The summed E-state index contributed by atoms with van der Waals surface area (Å²) in [6.07, 6.45) is 2.44. The highest BCUT2D eigenvalue weighted by molar-refractivity contribution is 7.17. The van der Waals surface area contributed by atoms with Gasteiger partial charge in [-0.05, 0) is 25.7 Å². The smallest absolute Gasteiger partial charge is 0.256 e. The van der Waals surface area contributed by atoms with Gasteiger partial charge in [0.1, 0.15) is 15.9 Å². The maximum absolute atomic E-state index is 11.8. The first-order valence-electron chi connectivity index (χ1n) is 5.89. The molecule has 1 heterocycles. The molecule has 0 bridgehead atoms. The van der Waals surface area contributed by atoms with Gasteiger partial charge in [0.25, 0.3) is 5.91 Å². The summed E-state index contributed by atoms with van der Waals surface area (Å²) in [5, 5.41) is 15.6. The molecule has 0 spiro atoms. The van der Waals surface area contributed by atoms with Crippen LogP contribution >= 0.6 is 11.3 Å². The number of thiophene rings is 1. The number of hydrogen-bond acceptors (Lipinski definition) is 5. The Balaban J connectivity index is 2.32. The Morgan fingerprint density at radius 2 is 2.28 bits per heavy atom. The molecule has 0 radical (unpaired) electrons. The lowest BCUT2D eigenvalue weighted by Gasteiger charge is -2.14. The van der Waals surface area contributed by atoms with E-state index in [0.717, 1.165) is 0 Å². The van der Waals surface area contributed by atoms with Gasteiger partial charge in [-0.3, -0.25) is 4.79 Å². The molecule has 96 valence electrons. The molecule has 1 aliphatic rings. The first-order valence-corrected chi connectivity index (χ1v) is 6.71. The number of carbonyl (C=O) groups is 1. The van der Waals surface area contributed by atoms with Crippen molar-refractivity contribution in [3.05, 3.63) is 10.4 Å². The van der Waals surface area contributed by atoms with Gasteiger partial charge in [0.15, 0.2) is 0 Å². The molecule has 1 fully saturated rings. The molecule has 0 saturated heterocycles. The van der Waals surface area contributed by atoms with E-state index in [-0.39, 0.29) is 11.6 Å². The van der Waals surface area contributed by atoms with Gasteiger partial charge in [0.05, 0.1) is 11.3 Å². The van der Waals surface area contributed by atoms with Crippen molar-refractivity contribution >= 4 is 27.9 Å². The fourth-order valence-electron chi connectivity index (χ4n) is 1.90. The van der Waals surface area contributed by atoms with Gasteiger partial charge in [0.2, 0.25) is 0 Å². The Bertz CT molecular complexity index is 513. The number of nitrogens with one attached hydrogen (secondary N) is 2. The van der Waals surface area contributed by atoms with Gasteiger partial charge < -0.3 is 16.4 Å². The van der Waals surface area contributed by atoms with Crippen LogP contribution in [0.4, 0.5) is 10.7 Å². The molecule has 1 aliphatic carbocycles. The van der Waals surface area contributed by atoms with Crippen LogP contribution in [0.15, 0.2) is 0 Å². The van der Waals surface area contributed by atoms with Gasteiger partial charge in [-0.2, -0.15) is 5.26 Å². The maximum Gasteiger partial charge on any atom is 0.256 e. The lowest BCUT2D eigenvalue weighted by Crippen LogP contribution is -2.23. The van der Waals surface area contributed by atoms with Gasteiger partial charge in [0, 0.05) is 13.1 Å². The van der Waals surface area contributed by atoms with Gasteiger partial charge >= 0.3 is 0 Å². The van der Waals surface area contributed by atoms with E-state index >= 15 is 0 Å².